The predicted molar refractivity (Wildman–Crippen MR) is 52.2 cm³/mol. The fourth-order valence-electron chi connectivity index (χ4n) is 1.56. The second-order valence-electron chi connectivity index (χ2n) is 3.86. The third-order valence-corrected chi connectivity index (χ3v) is 2.45. The van der Waals surface area contributed by atoms with Crippen LogP contribution in [0.1, 0.15) is 32.6 Å². The molecule has 1 rings (SSSR count). The molecule has 3 N–H and O–H groups in total. The average Bonchev–Trinajstić information content (AvgIpc) is 2.51. The van der Waals surface area contributed by atoms with Crippen molar-refractivity contribution in [3.8, 4) is 0 Å². The molecule has 0 aromatic rings. The minimum Gasteiger partial charge on any atom is -0.476 e. The highest BCUT2D eigenvalue weighted by Gasteiger charge is 2.32. The van der Waals surface area contributed by atoms with E-state index in [0.717, 1.165) is 25.7 Å². The molecule has 0 spiro atoms. The second-order valence-corrected chi connectivity index (χ2v) is 3.86. The number of carboxylic acid groups (broad SMARTS) is 1. The van der Waals surface area contributed by atoms with Crippen molar-refractivity contribution < 1.29 is 19.5 Å². The molecule has 1 aliphatic rings. The molecule has 6 heteroatoms. The maximum Gasteiger partial charge on any atom is 0.363 e. The SMILES string of the molecule is CC1(ON=C(C(N)=O)C(=O)O)CCCC1. The molecule has 84 valence electrons. The number of nitrogens with two attached hydrogens (primary N) is 1. The number of carboxylic acids is 1. The number of hydrogen-bond donors (Lipinski definition) is 2. The molecule has 6 nitrogen and oxygen atoms in total. The molecule has 0 heterocycles. The lowest BCUT2D eigenvalue weighted by atomic mass is 10.1. The van der Waals surface area contributed by atoms with Crippen LogP contribution in [-0.2, 0) is 14.4 Å². The number of carbonyl (C=O) groups excluding carboxylic acids is 1. The number of primary amides is 1. The van der Waals surface area contributed by atoms with Crippen LogP contribution in [0.15, 0.2) is 5.16 Å². The van der Waals surface area contributed by atoms with Crippen LogP contribution >= 0.6 is 0 Å². The molecule has 0 radical (unpaired) electrons. The molecule has 0 aromatic heterocycles. The standard InChI is InChI=1S/C9H14N2O4/c1-9(4-2-3-5-9)15-11-6(7(10)12)8(13)14/h2-5H2,1H3,(H2,10,12)(H,13,14). The maximum absolute atomic E-state index is 10.7. The zero-order chi connectivity index (χ0) is 11.5. The van der Waals surface area contributed by atoms with Gasteiger partial charge in [0.25, 0.3) is 11.6 Å². The van der Waals surface area contributed by atoms with Crippen molar-refractivity contribution in [1.29, 1.82) is 0 Å². The second kappa shape index (κ2) is 4.29. The number of nitrogens with zero attached hydrogens (tertiary/aromatic N) is 1. The van der Waals surface area contributed by atoms with Crippen molar-refractivity contribution in [2.75, 3.05) is 0 Å². The summed E-state index contributed by atoms with van der Waals surface area (Å²) in [6, 6.07) is 0. The first-order valence-electron chi connectivity index (χ1n) is 4.74. The Morgan fingerprint density at radius 1 is 1.40 bits per heavy atom. The molecule has 0 aliphatic heterocycles. The van der Waals surface area contributed by atoms with E-state index in [4.69, 9.17) is 15.7 Å². The zero-order valence-corrected chi connectivity index (χ0v) is 8.52. The van der Waals surface area contributed by atoms with Gasteiger partial charge in [-0.15, -0.1) is 0 Å². The summed E-state index contributed by atoms with van der Waals surface area (Å²) < 4.78 is 0. The lowest BCUT2D eigenvalue weighted by Gasteiger charge is -2.20. The number of hydrogen-bond acceptors (Lipinski definition) is 4. The van der Waals surface area contributed by atoms with Gasteiger partial charge in [0, 0.05) is 0 Å². The first kappa shape index (κ1) is 11.5. The van der Waals surface area contributed by atoms with Gasteiger partial charge in [-0.05, 0) is 32.6 Å². The van der Waals surface area contributed by atoms with Gasteiger partial charge in [-0.1, -0.05) is 5.16 Å². The van der Waals surface area contributed by atoms with Crippen molar-refractivity contribution in [3.63, 3.8) is 0 Å². The Kier molecular flexibility index (Phi) is 3.28. The minimum absolute atomic E-state index is 0.462. The minimum atomic E-state index is -1.47. The summed E-state index contributed by atoms with van der Waals surface area (Å²) in [5.41, 5.74) is 3.61. The molecular formula is C9H14N2O4. The van der Waals surface area contributed by atoms with Gasteiger partial charge in [-0.2, -0.15) is 0 Å². The molecular weight excluding hydrogens is 200 g/mol. The smallest absolute Gasteiger partial charge is 0.363 e. The molecule has 15 heavy (non-hydrogen) atoms. The molecule has 0 bridgehead atoms. The third kappa shape index (κ3) is 2.93. The first-order valence-corrected chi connectivity index (χ1v) is 4.74. The number of amides is 1. The van der Waals surface area contributed by atoms with Gasteiger partial charge < -0.3 is 15.7 Å². The van der Waals surface area contributed by atoms with Gasteiger partial charge in [-0.25, -0.2) is 4.79 Å². The van der Waals surface area contributed by atoms with Gasteiger partial charge in [-0.3, -0.25) is 4.79 Å². The van der Waals surface area contributed by atoms with E-state index in [0.29, 0.717) is 0 Å². The normalized spacial score (nSPS) is 19.9. The summed E-state index contributed by atoms with van der Waals surface area (Å²) in [5.74, 6) is -2.56. The van der Waals surface area contributed by atoms with Crippen LogP contribution in [-0.4, -0.2) is 28.3 Å². The highest BCUT2D eigenvalue weighted by Crippen LogP contribution is 2.32. The first-order chi connectivity index (χ1) is 6.94. The van der Waals surface area contributed by atoms with E-state index < -0.39 is 23.2 Å². The van der Waals surface area contributed by atoms with Crippen LogP contribution in [0.5, 0.6) is 0 Å². The Bertz CT molecular complexity index is 289. The number of rotatable bonds is 4. The van der Waals surface area contributed by atoms with Gasteiger partial charge >= 0.3 is 5.97 Å². The van der Waals surface area contributed by atoms with Crippen molar-refractivity contribution in [1.82, 2.24) is 0 Å². The molecule has 1 fully saturated rings. The Balaban J connectivity index is 2.68. The molecule has 1 aliphatic carbocycles. The summed E-state index contributed by atoms with van der Waals surface area (Å²) in [4.78, 5) is 26.3. The molecule has 0 atom stereocenters. The third-order valence-electron chi connectivity index (χ3n) is 2.45. The van der Waals surface area contributed by atoms with Gasteiger partial charge in [0.05, 0.1) is 0 Å². The van der Waals surface area contributed by atoms with E-state index in [2.05, 4.69) is 5.16 Å². The maximum atomic E-state index is 10.7. The number of carbonyl (C=O) groups is 2. The van der Waals surface area contributed by atoms with E-state index in [1.165, 1.54) is 0 Å². The molecule has 0 aromatic carbocycles. The fourth-order valence-corrected chi connectivity index (χ4v) is 1.56. The van der Waals surface area contributed by atoms with E-state index in [1.54, 1.807) is 0 Å². The van der Waals surface area contributed by atoms with Crippen LogP contribution in [0.25, 0.3) is 0 Å². The highest BCUT2D eigenvalue weighted by atomic mass is 16.7. The van der Waals surface area contributed by atoms with Crippen molar-refractivity contribution in [3.05, 3.63) is 0 Å². The Morgan fingerprint density at radius 2 is 1.93 bits per heavy atom. The van der Waals surface area contributed by atoms with Crippen molar-refractivity contribution in [2.24, 2.45) is 10.9 Å². The Hall–Kier alpha value is -1.59. The van der Waals surface area contributed by atoms with E-state index >= 15 is 0 Å². The van der Waals surface area contributed by atoms with Crippen LogP contribution in [0.4, 0.5) is 0 Å². The Labute approximate surface area is 87.1 Å². The summed E-state index contributed by atoms with van der Waals surface area (Å²) in [6.07, 6.45) is 3.65. The quantitative estimate of drug-likeness (QED) is 0.398. The monoisotopic (exact) mass is 214 g/mol. The summed E-state index contributed by atoms with van der Waals surface area (Å²) >= 11 is 0. The van der Waals surface area contributed by atoms with E-state index in [9.17, 15) is 9.59 Å². The fraction of sp³-hybridized carbons (Fsp3) is 0.667. The van der Waals surface area contributed by atoms with Gasteiger partial charge in [0.1, 0.15) is 5.60 Å². The Morgan fingerprint density at radius 3 is 2.33 bits per heavy atom. The van der Waals surface area contributed by atoms with Crippen LogP contribution < -0.4 is 5.73 Å². The van der Waals surface area contributed by atoms with Crippen LogP contribution in [0, 0.1) is 0 Å². The number of aliphatic carboxylic acids is 1. The summed E-state index contributed by atoms with van der Waals surface area (Å²) in [7, 11) is 0. The molecule has 1 saturated carbocycles. The van der Waals surface area contributed by atoms with Crippen molar-refractivity contribution >= 4 is 17.6 Å². The number of oxime groups is 1. The predicted octanol–water partition coefficient (Wildman–Crippen LogP) is 0.262. The van der Waals surface area contributed by atoms with E-state index in [-0.39, 0.29) is 0 Å². The van der Waals surface area contributed by atoms with Gasteiger partial charge in [0.15, 0.2) is 0 Å². The molecule has 0 saturated heterocycles. The van der Waals surface area contributed by atoms with Crippen molar-refractivity contribution in [2.45, 2.75) is 38.2 Å². The highest BCUT2D eigenvalue weighted by molar-refractivity contribution is 6.63. The van der Waals surface area contributed by atoms with Crippen LogP contribution in [0.2, 0.25) is 0 Å². The summed E-state index contributed by atoms with van der Waals surface area (Å²) in [6.45, 7) is 1.84. The van der Waals surface area contributed by atoms with Gasteiger partial charge in [0.2, 0.25) is 0 Å². The lowest BCUT2D eigenvalue weighted by molar-refractivity contribution is -0.130. The molecule has 1 amide bonds. The van der Waals surface area contributed by atoms with Crippen LogP contribution in [0.3, 0.4) is 0 Å². The average molecular weight is 214 g/mol. The van der Waals surface area contributed by atoms with E-state index in [1.807, 2.05) is 6.92 Å². The largest absolute Gasteiger partial charge is 0.476 e. The lowest BCUT2D eigenvalue weighted by Crippen LogP contribution is -2.32. The summed E-state index contributed by atoms with van der Waals surface area (Å²) in [5, 5.41) is 11.9. The topological polar surface area (TPSA) is 102 Å². The molecule has 0 unspecified atom stereocenters. The zero-order valence-electron chi connectivity index (χ0n) is 8.52.